The second-order valence-electron chi connectivity index (χ2n) is 5.05. The molecule has 10 heteroatoms. The van der Waals surface area contributed by atoms with E-state index in [9.17, 15) is 19.2 Å². The Hall–Kier alpha value is -1.68. The molecule has 0 aromatic rings. The molecule has 24 heavy (non-hydrogen) atoms. The van der Waals surface area contributed by atoms with Gasteiger partial charge in [-0.2, -0.15) is 0 Å². The molecule has 9 nitrogen and oxygen atoms in total. The predicted molar refractivity (Wildman–Crippen MR) is 80.9 cm³/mol. The molecule has 0 aliphatic carbocycles. The second-order valence-corrected chi connectivity index (χ2v) is 5.95. The first-order valence-corrected chi connectivity index (χ1v) is 7.98. The Morgan fingerprint density at radius 2 is 1.25 bits per heavy atom. The number of halogens is 1. The maximum absolute atomic E-state index is 11.4. The molecule has 0 spiro atoms. The summed E-state index contributed by atoms with van der Waals surface area (Å²) in [5.74, 6) is -2.52. The number of hydrogen-bond donors (Lipinski definition) is 0. The molecule has 136 valence electrons. The second kappa shape index (κ2) is 8.97. The van der Waals surface area contributed by atoms with Gasteiger partial charge in [0.2, 0.25) is 0 Å². The summed E-state index contributed by atoms with van der Waals surface area (Å²) in [5.41, 5.74) is 0. The van der Waals surface area contributed by atoms with E-state index in [4.69, 9.17) is 23.7 Å². The lowest BCUT2D eigenvalue weighted by Gasteiger charge is -2.42. The SMILES string of the molecule is CC(=O)OC[C@H]1O[C@@H](Br)[C@H](OC(C)=O)[C@H](OC(C)=O)[C@@H]1OC(C)=O. The Balaban J connectivity index is 3.11. The van der Waals surface area contributed by atoms with Crippen molar-refractivity contribution in [3.63, 3.8) is 0 Å². The Morgan fingerprint density at radius 1 is 0.792 bits per heavy atom. The topological polar surface area (TPSA) is 114 Å². The van der Waals surface area contributed by atoms with Crippen molar-refractivity contribution < 1.29 is 42.9 Å². The van der Waals surface area contributed by atoms with Gasteiger partial charge in [-0.25, -0.2) is 0 Å². The first-order chi connectivity index (χ1) is 11.1. The molecule has 0 saturated carbocycles. The number of esters is 4. The molecular weight excluding hydrogens is 392 g/mol. The van der Waals surface area contributed by atoms with Gasteiger partial charge >= 0.3 is 23.9 Å². The van der Waals surface area contributed by atoms with E-state index in [0.29, 0.717) is 0 Å². The van der Waals surface area contributed by atoms with Crippen LogP contribution in [0.1, 0.15) is 27.7 Å². The van der Waals surface area contributed by atoms with Gasteiger partial charge in [-0.3, -0.25) is 19.2 Å². The summed E-state index contributed by atoms with van der Waals surface area (Å²) >= 11 is 3.18. The third-order valence-electron chi connectivity index (χ3n) is 2.93. The first-order valence-electron chi connectivity index (χ1n) is 7.06. The van der Waals surface area contributed by atoms with E-state index in [1.807, 2.05) is 0 Å². The highest BCUT2D eigenvalue weighted by atomic mass is 79.9. The molecule has 0 N–H and O–H groups in total. The van der Waals surface area contributed by atoms with Crippen molar-refractivity contribution in [1.82, 2.24) is 0 Å². The number of ether oxygens (including phenoxy) is 5. The van der Waals surface area contributed by atoms with E-state index in [-0.39, 0.29) is 6.61 Å². The highest BCUT2D eigenvalue weighted by molar-refractivity contribution is 9.09. The van der Waals surface area contributed by atoms with Gasteiger partial charge in [0.05, 0.1) is 0 Å². The maximum atomic E-state index is 11.4. The molecule has 0 radical (unpaired) electrons. The first kappa shape index (κ1) is 20.4. The van der Waals surface area contributed by atoms with E-state index >= 15 is 0 Å². The Kier molecular flexibility index (Phi) is 7.61. The van der Waals surface area contributed by atoms with Crippen molar-refractivity contribution in [2.45, 2.75) is 57.1 Å². The minimum atomic E-state index is -1.13. The zero-order valence-corrected chi connectivity index (χ0v) is 15.2. The molecule has 0 aromatic carbocycles. The molecule has 0 amide bonds. The van der Waals surface area contributed by atoms with Crippen LogP contribution in [0.5, 0.6) is 0 Å². The van der Waals surface area contributed by atoms with Crippen LogP contribution in [0.2, 0.25) is 0 Å². The van der Waals surface area contributed by atoms with Gasteiger partial charge in [0.25, 0.3) is 0 Å². The summed E-state index contributed by atoms with van der Waals surface area (Å²) in [7, 11) is 0. The zero-order valence-electron chi connectivity index (χ0n) is 13.6. The molecule has 0 unspecified atom stereocenters. The molecule has 1 rings (SSSR count). The summed E-state index contributed by atoms with van der Waals surface area (Å²) in [6, 6.07) is 0. The Bertz CT molecular complexity index is 506. The molecule has 1 saturated heterocycles. The largest absolute Gasteiger partial charge is 0.463 e. The van der Waals surface area contributed by atoms with Gasteiger partial charge in [-0.05, 0) is 0 Å². The average molecular weight is 411 g/mol. The highest BCUT2D eigenvalue weighted by Crippen LogP contribution is 2.31. The molecule has 1 heterocycles. The van der Waals surface area contributed by atoms with E-state index in [0.717, 1.165) is 13.8 Å². The van der Waals surface area contributed by atoms with Crippen molar-refractivity contribution in [3.05, 3.63) is 0 Å². The van der Waals surface area contributed by atoms with Gasteiger partial charge < -0.3 is 23.7 Å². The summed E-state index contributed by atoms with van der Waals surface area (Å²) in [6.45, 7) is 4.47. The van der Waals surface area contributed by atoms with Gasteiger partial charge in [0.15, 0.2) is 23.3 Å². The number of rotatable bonds is 5. The molecular formula is C14H19BrO9. The fourth-order valence-electron chi connectivity index (χ4n) is 2.18. The zero-order chi connectivity index (χ0) is 18.4. The molecule has 0 bridgehead atoms. The summed E-state index contributed by atoms with van der Waals surface area (Å²) in [5, 5.41) is -0.863. The lowest BCUT2D eigenvalue weighted by molar-refractivity contribution is -0.236. The standard InChI is InChI=1S/C14H19BrO9/c1-6(16)20-5-10-11(21-7(2)17)12(22-8(3)18)13(14(15)24-10)23-9(4)19/h10-14H,5H2,1-4H3/t10-,11-,12-,13-,14-/m1/s1. The van der Waals surface area contributed by atoms with Crippen LogP contribution in [-0.4, -0.2) is 59.9 Å². The lowest BCUT2D eigenvalue weighted by atomic mass is 9.99. The quantitative estimate of drug-likeness (QED) is 0.362. The van der Waals surface area contributed by atoms with E-state index in [2.05, 4.69) is 15.9 Å². The van der Waals surface area contributed by atoms with Crippen LogP contribution in [0.4, 0.5) is 0 Å². The number of carbonyl (C=O) groups excluding carboxylic acids is 4. The third-order valence-corrected chi connectivity index (χ3v) is 3.67. The molecule has 5 atom stereocenters. The Labute approximate surface area is 147 Å². The van der Waals surface area contributed by atoms with E-state index in [1.165, 1.54) is 13.8 Å². The number of hydrogen-bond acceptors (Lipinski definition) is 9. The van der Waals surface area contributed by atoms with Gasteiger partial charge in [-0.15, -0.1) is 0 Å². The Morgan fingerprint density at radius 3 is 1.71 bits per heavy atom. The summed E-state index contributed by atoms with van der Waals surface area (Å²) in [6.07, 6.45) is -4.22. The van der Waals surface area contributed by atoms with Crippen LogP contribution in [0.25, 0.3) is 0 Å². The van der Waals surface area contributed by atoms with Crippen LogP contribution in [0.3, 0.4) is 0 Å². The lowest BCUT2D eigenvalue weighted by Crippen LogP contribution is -2.60. The van der Waals surface area contributed by atoms with Crippen LogP contribution in [0, 0.1) is 0 Å². The summed E-state index contributed by atoms with van der Waals surface area (Å²) in [4.78, 5) is 45.1. The van der Waals surface area contributed by atoms with Crippen LogP contribution >= 0.6 is 15.9 Å². The van der Waals surface area contributed by atoms with Crippen LogP contribution in [0.15, 0.2) is 0 Å². The minimum Gasteiger partial charge on any atom is -0.463 e. The van der Waals surface area contributed by atoms with Crippen LogP contribution < -0.4 is 0 Å². The predicted octanol–water partition coefficient (Wildman–Crippen LogP) is 0.464. The van der Waals surface area contributed by atoms with Crippen molar-refractivity contribution in [2.75, 3.05) is 6.61 Å². The van der Waals surface area contributed by atoms with E-state index < -0.39 is 53.3 Å². The third kappa shape index (κ3) is 6.08. The fraction of sp³-hybridized carbons (Fsp3) is 0.714. The molecule has 0 aromatic heterocycles. The van der Waals surface area contributed by atoms with E-state index in [1.54, 1.807) is 0 Å². The molecule has 1 fully saturated rings. The van der Waals surface area contributed by atoms with Crippen molar-refractivity contribution >= 4 is 39.8 Å². The van der Waals surface area contributed by atoms with Gasteiger partial charge in [0.1, 0.15) is 12.7 Å². The van der Waals surface area contributed by atoms with Gasteiger partial charge in [0, 0.05) is 27.7 Å². The van der Waals surface area contributed by atoms with Crippen molar-refractivity contribution in [2.24, 2.45) is 0 Å². The average Bonchev–Trinajstić information content (AvgIpc) is 2.42. The van der Waals surface area contributed by atoms with Gasteiger partial charge in [-0.1, -0.05) is 15.9 Å². The monoisotopic (exact) mass is 410 g/mol. The molecule has 1 aliphatic heterocycles. The fourth-order valence-corrected chi connectivity index (χ4v) is 2.86. The summed E-state index contributed by atoms with van der Waals surface area (Å²) < 4.78 is 25.9. The highest BCUT2D eigenvalue weighted by Gasteiger charge is 2.51. The normalized spacial score (nSPS) is 29.3. The minimum absolute atomic E-state index is 0.236. The smallest absolute Gasteiger partial charge is 0.303 e. The maximum Gasteiger partial charge on any atom is 0.303 e. The van der Waals surface area contributed by atoms with Crippen molar-refractivity contribution in [3.8, 4) is 0 Å². The number of alkyl halides is 1. The number of carbonyl (C=O) groups is 4. The van der Waals surface area contributed by atoms with Crippen LogP contribution in [-0.2, 0) is 42.9 Å². The van der Waals surface area contributed by atoms with Crippen molar-refractivity contribution in [1.29, 1.82) is 0 Å². The molecule has 1 aliphatic rings.